The first kappa shape index (κ1) is 22.6. The highest BCUT2D eigenvalue weighted by Gasteiger charge is 2.17. The van der Waals surface area contributed by atoms with Crippen molar-refractivity contribution in [2.75, 3.05) is 52.4 Å². The summed E-state index contributed by atoms with van der Waals surface area (Å²) in [6, 6.07) is 14.9. The highest BCUT2D eigenvalue weighted by atomic mass is 16.5. The van der Waals surface area contributed by atoms with Crippen LogP contribution in [0.4, 0.5) is 5.69 Å². The van der Waals surface area contributed by atoms with E-state index in [4.69, 9.17) is 14.2 Å². The van der Waals surface area contributed by atoms with Gasteiger partial charge in [0.25, 0.3) is 5.91 Å². The Morgan fingerprint density at radius 2 is 1.62 bits per heavy atom. The second kappa shape index (κ2) is 12.0. The van der Waals surface area contributed by atoms with E-state index in [9.17, 15) is 4.79 Å². The number of methoxy groups -OCH3 is 1. The quantitative estimate of drug-likeness (QED) is 0.507. The molecule has 2 aromatic rings. The minimum absolute atomic E-state index is 0.0410. The topological polar surface area (TPSA) is 51.2 Å². The van der Waals surface area contributed by atoms with Crippen molar-refractivity contribution in [1.29, 1.82) is 0 Å². The Morgan fingerprint density at radius 3 is 2.24 bits per heavy atom. The van der Waals surface area contributed by atoms with E-state index in [2.05, 4.69) is 6.92 Å². The van der Waals surface area contributed by atoms with Crippen molar-refractivity contribution < 1.29 is 19.0 Å². The molecule has 29 heavy (non-hydrogen) atoms. The van der Waals surface area contributed by atoms with E-state index in [1.807, 2.05) is 67.5 Å². The summed E-state index contributed by atoms with van der Waals surface area (Å²) >= 11 is 0. The van der Waals surface area contributed by atoms with Crippen molar-refractivity contribution in [2.24, 2.45) is 0 Å². The maximum Gasteiger partial charge on any atom is 0.264 e. The second-order valence-electron chi connectivity index (χ2n) is 7.01. The van der Waals surface area contributed by atoms with E-state index in [1.54, 1.807) is 12.0 Å². The van der Waals surface area contributed by atoms with Crippen LogP contribution in [0.3, 0.4) is 0 Å². The molecule has 0 saturated heterocycles. The number of rotatable bonds is 12. The van der Waals surface area contributed by atoms with Crippen LogP contribution in [0.15, 0.2) is 48.5 Å². The zero-order valence-electron chi connectivity index (χ0n) is 17.9. The number of ether oxygens (including phenoxy) is 3. The summed E-state index contributed by atoms with van der Waals surface area (Å²) in [5.74, 6) is 2.05. The molecule has 2 aromatic carbocycles. The molecule has 6 nitrogen and oxygen atoms in total. The van der Waals surface area contributed by atoms with Gasteiger partial charge < -0.3 is 24.0 Å². The van der Waals surface area contributed by atoms with Gasteiger partial charge in [-0.1, -0.05) is 19.4 Å². The zero-order valence-corrected chi connectivity index (χ0v) is 17.9. The number of likely N-dealkylation sites (N-methyl/N-ethyl adjacent to an activating group) is 1. The smallest absolute Gasteiger partial charge is 0.264 e. The van der Waals surface area contributed by atoms with Crippen molar-refractivity contribution in [2.45, 2.75) is 19.8 Å². The zero-order chi connectivity index (χ0) is 21.1. The van der Waals surface area contributed by atoms with Crippen molar-refractivity contribution in [1.82, 2.24) is 4.90 Å². The fraction of sp³-hybridized carbons (Fsp3) is 0.435. The molecule has 0 aliphatic heterocycles. The summed E-state index contributed by atoms with van der Waals surface area (Å²) in [5.41, 5.74) is 0.791. The first-order chi connectivity index (χ1) is 14.0. The first-order valence-corrected chi connectivity index (χ1v) is 9.98. The van der Waals surface area contributed by atoms with Gasteiger partial charge in [-0.3, -0.25) is 4.79 Å². The Bertz CT molecular complexity index is 747. The van der Waals surface area contributed by atoms with Crippen LogP contribution in [0, 0.1) is 0 Å². The Kier molecular flexibility index (Phi) is 9.31. The largest absolute Gasteiger partial charge is 0.497 e. The molecule has 158 valence electrons. The molecule has 0 bridgehead atoms. The predicted octanol–water partition coefficient (Wildman–Crippen LogP) is 3.85. The van der Waals surface area contributed by atoms with Gasteiger partial charge in [-0.25, -0.2) is 0 Å². The fourth-order valence-corrected chi connectivity index (χ4v) is 2.67. The van der Waals surface area contributed by atoms with Crippen LogP contribution >= 0.6 is 0 Å². The van der Waals surface area contributed by atoms with E-state index < -0.39 is 0 Å². The molecule has 0 aliphatic rings. The highest BCUT2D eigenvalue weighted by molar-refractivity contribution is 5.94. The molecule has 0 aliphatic carbocycles. The number of hydrogen-bond donors (Lipinski definition) is 0. The Morgan fingerprint density at radius 1 is 0.931 bits per heavy atom. The number of unbranched alkanes of at least 4 members (excludes halogenated alkanes) is 1. The van der Waals surface area contributed by atoms with Gasteiger partial charge in [-0.15, -0.1) is 0 Å². The SMILES string of the molecule is CCCCOc1ccc(OCC(=O)N(CCN(C)C)c2cccc(OC)c2)cc1. The van der Waals surface area contributed by atoms with Crippen LogP contribution in [0.2, 0.25) is 0 Å². The molecule has 1 amide bonds. The molecule has 0 saturated carbocycles. The number of anilines is 1. The molecule has 0 aromatic heterocycles. The predicted molar refractivity (Wildman–Crippen MR) is 116 cm³/mol. The molecule has 6 heteroatoms. The van der Waals surface area contributed by atoms with Crippen LogP contribution in [0.5, 0.6) is 17.2 Å². The van der Waals surface area contributed by atoms with Crippen LogP contribution in [0.25, 0.3) is 0 Å². The lowest BCUT2D eigenvalue weighted by Gasteiger charge is -2.25. The Hall–Kier alpha value is -2.73. The Balaban J connectivity index is 1.99. The third-order valence-electron chi connectivity index (χ3n) is 4.39. The van der Waals surface area contributed by atoms with Crippen molar-refractivity contribution in [3.63, 3.8) is 0 Å². The number of carbonyl (C=O) groups is 1. The number of benzene rings is 2. The lowest BCUT2D eigenvalue weighted by Crippen LogP contribution is -2.39. The second-order valence-corrected chi connectivity index (χ2v) is 7.01. The minimum atomic E-state index is -0.108. The van der Waals surface area contributed by atoms with Crippen LogP contribution in [-0.4, -0.2) is 58.3 Å². The number of nitrogens with zero attached hydrogens (tertiary/aromatic N) is 2. The molecular weight excluding hydrogens is 368 g/mol. The summed E-state index contributed by atoms with van der Waals surface area (Å²) in [7, 11) is 5.58. The molecule has 0 radical (unpaired) electrons. The summed E-state index contributed by atoms with van der Waals surface area (Å²) in [6.07, 6.45) is 2.13. The maximum atomic E-state index is 12.9. The molecule has 0 unspecified atom stereocenters. The standard InChI is InChI=1S/C23H32N2O4/c1-5-6-16-28-20-10-12-21(13-11-20)29-18-23(26)25(15-14-24(2)3)19-8-7-9-22(17-19)27-4/h7-13,17H,5-6,14-16,18H2,1-4H3. The monoisotopic (exact) mass is 400 g/mol. The first-order valence-electron chi connectivity index (χ1n) is 9.98. The van der Waals surface area contributed by atoms with Gasteiger partial charge >= 0.3 is 0 Å². The number of amides is 1. The normalized spacial score (nSPS) is 10.7. The average Bonchev–Trinajstić information content (AvgIpc) is 2.73. The number of hydrogen-bond acceptors (Lipinski definition) is 5. The Labute approximate surface area is 174 Å². The highest BCUT2D eigenvalue weighted by Crippen LogP contribution is 2.22. The van der Waals surface area contributed by atoms with Crippen LogP contribution in [-0.2, 0) is 4.79 Å². The van der Waals surface area contributed by atoms with Crippen molar-refractivity contribution in [3.05, 3.63) is 48.5 Å². The minimum Gasteiger partial charge on any atom is -0.497 e. The summed E-state index contributed by atoms with van der Waals surface area (Å²) in [6.45, 7) is 4.10. The van der Waals surface area contributed by atoms with Gasteiger partial charge in [0.15, 0.2) is 6.61 Å². The lowest BCUT2D eigenvalue weighted by atomic mass is 10.2. The molecule has 0 heterocycles. The van der Waals surface area contributed by atoms with Crippen molar-refractivity contribution >= 4 is 11.6 Å². The van der Waals surface area contributed by atoms with Crippen LogP contribution in [0.1, 0.15) is 19.8 Å². The molecule has 2 rings (SSSR count). The van der Waals surface area contributed by atoms with E-state index in [-0.39, 0.29) is 12.5 Å². The molecule has 0 atom stereocenters. The summed E-state index contributed by atoms with van der Waals surface area (Å²) in [5, 5.41) is 0. The van der Waals surface area contributed by atoms with Crippen LogP contribution < -0.4 is 19.1 Å². The maximum absolute atomic E-state index is 12.9. The van der Waals surface area contributed by atoms with E-state index in [0.717, 1.165) is 30.8 Å². The third-order valence-corrected chi connectivity index (χ3v) is 4.39. The van der Waals surface area contributed by atoms with Gasteiger partial charge in [-0.05, 0) is 56.9 Å². The molecular formula is C23H32N2O4. The average molecular weight is 401 g/mol. The van der Waals surface area contributed by atoms with Crippen molar-refractivity contribution in [3.8, 4) is 17.2 Å². The fourth-order valence-electron chi connectivity index (χ4n) is 2.67. The van der Waals surface area contributed by atoms with Gasteiger partial charge in [0.05, 0.1) is 13.7 Å². The van der Waals surface area contributed by atoms with Gasteiger partial charge in [0.2, 0.25) is 0 Å². The molecule has 0 spiro atoms. The van der Waals surface area contributed by atoms with Gasteiger partial charge in [0, 0.05) is 24.8 Å². The third kappa shape index (κ3) is 7.66. The van der Waals surface area contributed by atoms with E-state index in [0.29, 0.717) is 24.7 Å². The van der Waals surface area contributed by atoms with Gasteiger partial charge in [-0.2, -0.15) is 0 Å². The van der Waals surface area contributed by atoms with Gasteiger partial charge in [0.1, 0.15) is 17.2 Å². The summed E-state index contributed by atoms with van der Waals surface area (Å²) < 4.78 is 16.7. The molecule has 0 N–H and O–H groups in total. The summed E-state index contributed by atoms with van der Waals surface area (Å²) in [4.78, 5) is 16.7. The van der Waals surface area contributed by atoms with E-state index >= 15 is 0 Å². The number of carbonyl (C=O) groups excluding carboxylic acids is 1. The lowest BCUT2D eigenvalue weighted by molar-refractivity contribution is -0.120. The molecule has 0 fully saturated rings. The van der Waals surface area contributed by atoms with E-state index in [1.165, 1.54) is 0 Å².